The van der Waals surface area contributed by atoms with Crippen LogP contribution in [-0.2, 0) is 0 Å². The number of hydrogen-bond donors (Lipinski definition) is 0. The molecule has 0 aromatic heterocycles. The fourth-order valence-corrected chi connectivity index (χ4v) is 1.22. The maximum atomic E-state index is 12.4. The summed E-state index contributed by atoms with van der Waals surface area (Å²) in [6.45, 7) is 15.4. The molecule has 0 fully saturated rings. The van der Waals surface area contributed by atoms with Crippen molar-refractivity contribution in [2.75, 3.05) is 0 Å². The summed E-state index contributed by atoms with van der Waals surface area (Å²) in [5, 5.41) is 0. The van der Waals surface area contributed by atoms with E-state index in [-0.39, 0.29) is 37.7 Å². The minimum absolute atomic E-state index is 0. The number of halogens is 2. The van der Waals surface area contributed by atoms with Crippen LogP contribution in [-0.4, -0.2) is 0 Å². The fourth-order valence-electron chi connectivity index (χ4n) is 1.22. The smallest absolute Gasteiger partial charge is 0.161 e. The van der Waals surface area contributed by atoms with Crippen molar-refractivity contribution in [3.8, 4) is 0 Å². The third kappa shape index (κ3) is 11.1. The summed E-state index contributed by atoms with van der Waals surface area (Å²) in [5.41, 5.74) is 2.72. The molecule has 2 aromatic carbocycles. The van der Waals surface area contributed by atoms with E-state index in [2.05, 4.69) is 19.9 Å². The van der Waals surface area contributed by atoms with Gasteiger partial charge in [-0.3, -0.25) is 0 Å². The van der Waals surface area contributed by atoms with Gasteiger partial charge in [-0.1, -0.05) is 52.8 Å². The van der Waals surface area contributed by atoms with Crippen LogP contribution in [0.5, 0.6) is 0 Å². The van der Waals surface area contributed by atoms with E-state index in [1.165, 1.54) is 24.6 Å². The molecule has 0 bridgehead atoms. The van der Waals surface area contributed by atoms with Gasteiger partial charge in [-0.25, -0.2) is 8.78 Å². The predicted molar refractivity (Wildman–Crippen MR) is 89.4 cm³/mol. The van der Waals surface area contributed by atoms with Gasteiger partial charge in [-0.2, -0.15) is 24.1 Å². The Morgan fingerprint density at radius 1 is 0.727 bits per heavy atom. The second-order valence-electron chi connectivity index (χ2n) is 3.80. The Morgan fingerprint density at radius 3 is 1.50 bits per heavy atom. The first-order valence-corrected chi connectivity index (χ1v) is 7.30. The number of hydrogen-bond acceptors (Lipinski definition) is 0. The Morgan fingerprint density at radius 2 is 1.18 bits per heavy atom. The summed E-state index contributed by atoms with van der Waals surface area (Å²) in [5.74, 6) is -1.53. The zero-order valence-electron chi connectivity index (χ0n) is 14.3. The summed E-state index contributed by atoms with van der Waals surface area (Å²) in [7, 11) is 0. The number of rotatable bonds is 0. The van der Waals surface area contributed by atoms with Crippen molar-refractivity contribution in [2.45, 2.75) is 41.5 Å². The molecule has 0 nitrogen and oxygen atoms in total. The van der Waals surface area contributed by atoms with Crippen LogP contribution in [0.4, 0.5) is 8.78 Å². The van der Waals surface area contributed by atoms with Gasteiger partial charge in [-0.15, -0.1) is 12.1 Å². The van der Waals surface area contributed by atoms with Gasteiger partial charge in [0.1, 0.15) is 0 Å². The molecule has 0 saturated carbocycles. The largest absolute Gasteiger partial charge is 0.204 e. The van der Waals surface area contributed by atoms with Gasteiger partial charge in [0.05, 0.1) is 0 Å². The predicted octanol–water partition coefficient (Wildman–Crippen LogP) is 6.50. The van der Waals surface area contributed by atoms with E-state index in [4.69, 9.17) is 0 Å². The van der Waals surface area contributed by atoms with Crippen molar-refractivity contribution < 1.29 is 46.5 Å². The molecular formula is C19H27F2Ho-. The summed E-state index contributed by atoms with van der Waals surface area (Å²) in [4.78, 5) is 0. The Hall–Kier alpha value is -0.570. The molecule has 1 radical (unpaired) electrons. The van der Waals surface area contributed by atoms with Crippen molar-refractivity contribution in [3.63, 3.8) is 0 Å². The molecule has 0 saturated heterocycles. The first-order valence-electron chi connectivity index (χ1n) is 7.30. The molecule has 0 unspecified atom stereocenters. The second kappa shape index (κ2) is 16.8. The standard InChI is InChI=1S/C8H9.C7H6F2.2C2H6.Ho/c1-7-5-3-4-6-8(7)2;1-5-3-2-4-6(8)7(5)9;2*1-2;/h3-6H,1H2,2H3;2-4H,1H3;2*1-2H3;/q-1;;;;. The van der Waals surface area contributed by atoms with E-state index in [9.17, 15) is 8.78 Å². The van der Waals surface area contributed by atoms with E-state index < -0.39 is 11.6 Å². The van der Waals surface area contributed by atoms with Gasteiger partial charge >= 0.3 is 0 Å². The van der Waals surface area contributed by atoms with Crippen molar-refractivity contribution >= 4 is 0 Å². The average Bonchev–Trinajstić information content (AvgIpc) is 2.52. The third-order valence-electron chi connectivity index (χ3n) is 2.41. The van der Waals surface area contributed by atoms with Gasteiger partial charge < -0.3 is 0 Å². The van der Waals surface area contributed by atoms with E-state index in [0.29, 0.717) is 5.56 Å². The van der Waals surface area contributed by atoms with Crippen LogP contribution in [0, 0.1) is 70.1 Å². The fraction of sp³-hybridized carbons (Fsp3) is 0.316. The molecule has 129 valence electrons. The molecule has 2 rings (SSSR count). The molecule has 0 heterocycles. The van der Waals surface area contributed by atoms with Crippen LogP contribution in [0.3, 0.4) is 0 Å². The molecule has 0 spiro atoms. The molecule has 0 aliphatic rings. The summed E-state index contributed by atoms with van der Waals surface area (Å²) in [6.07, 6.45) is 0. The molecule has 0 aliphatic carbocycles. The summed E-state index contributed by atoms with van der Waals surface area (Å²) in [6, 6.07) is 12.2. The minimum Gasteiger partial charge on any atom is -0.204 e. The Bertz CT molecular complexity index is 455. The minimum atomic E-state index is -0.782. The zero-order chi connectivity index (χ0) is 16.8. The molecule has 22 heavy (non-hydrogen) atoms. The van der Waals surface area contributed by atoms with Crippen LogP contribution in [0.1, 0.15) is 44.4 Å². The van der Waals surface area contributed by atoms with E-state index in [0.717, 1.165) is 11.6 Å². The Balaban J connectivity index is -0.000000259. The molecule has 0 aliphatic heterocycles. The molecule has 2 aromatic rings. The van der Waals surface area contributed by atoms with Gasteiger partial charge in [-0.05, 0) is 18.6 Å². The van der Waals surface area contributed by atoms with E-state index >= 15 is 0 Å². The van der Waals surface area contributed by atoms with Crippen LogP contribution in [0.15, 0.2) is 42.5 Å². The third-order valence-corrected chi connectivity index (χ3v) is 2.41. The first kappa shape index (κ1) is 26.3. The Kier molecular flexibility index (Phi) is 20.1. The number of aryl methyl sites for hydroxylation is 2. The molecule has 0 N–H and O–H groups in total. The van der Waals surface area contributed by atoms with Crippen LogP contribution in [0.25, 0.3) is 0 Å². The van der Waals surface area contributed by atoms with Crippen molar-refractivity contribution in [1.29, 1.82) is 0 Å². The van der Waals surface area contributed by atoms with Crippen LogP contribution >= 0.6 is 0 Å². The van der Waals surface area contributed by atoms with Crippen LogP contribution in [0.2, 0.25) is 0 Å². The van der Waals surface area contributed by atoms with E-state index in [1.807, 2.05) is 45.9 Å². The van der Waals surface area contributed by atoms with Crippen LogP contribution < -0.4 is 0 Å². The molecule has 0 amide bonds. The van der Waals surface area contributed by atoms with Crippen molar-refractivity contribution in [3.05, 3.63) is 77.7 Å². The normalized spacial score (nSPS) is 7.82. The van der Waals surface area contributed by atoms with Crippen molar-refractivity contribution in [2.24, 2.45) is 0 Å². The van der Waals surface area contributed by atoms with Gasteiger partial charge in [0.25, 0.3) is 0 Å². The molecular weight excluding hydrogens is 431 g/mol. The molecule has 3 heteroatoms. The number of benzene rings is 2. The zero-order valence-corrected chi connectivity index (χ0v) is 16.2. The summed E-state index contributed by atoms with van der Waals surface area (Å²) < 4.78 is 24.6. The monoisotopic (exact) mass is 458 g/mol. The average molecular weight is 458 g/mol. The molecule has 0 atom stereocenters. The maximum absolute atomic E-state index is 12.4. The van der Waals surface area contributed by atoms with Gasteiger partial charge in [0.2, 0.25) is 0 Å². The topological polar surface area (TPSA) is 0 Å². The second-order valence-corrected chi connectivity index (χ2v) is 3.80. The quantitative estimate of drug-likeness (QED) is 0.312. The summed E-state index contributed by atoms with van der Waals surface area (Å²) >= 11 is 0. The maximum Gasteiger partial charge on any atom is 0.161 e. The van der Waals surface area contributed by atoms with Gasteiger partial charge in [0, 0.05) is 37.7 Å². The SMILES string of the molecule is CC.CC.Cc1cccc(F)c1F.[CH2-]c1ccccc1C.[Ho]. The Labute approximate surface area is 165 Å². The first-order chi connectivity index (χ1) is 10.0. The van der Waals surface area contributed by atoms with Gasteiger partial charge in [0.15, 0.2) is 11.6 Å². The van der Waals surface area contributed by atoms with Crippen molar-refractivity contribution in [1.82, 2.24) is 0 Å². The van der Waals surface area contributed by atoms with E-state index in [1.54, 1.807) is 0 Å².